The van der Waals surface area contributed by atoms with Gasteiger partial charge in [-0.15, -0.1) is 0 Å². The highest BCUT2D eigenvalue weighted by Gasteiger charge is 2.24. The van der Waals surface area contributed by atoms with E-state index in [4.69, 9.17) is 0 Å². The van der Waals surface area contributed by atoms with Gasteiger partial charge in [0.2, 0.25) is 15.9 Å². The monoisotopic (exact) mass is 395 g/mol. The minimum atomic E-state index is -3.56. The van der Waals surface area contributed by atoms with Crippen LogP contribution in [0.25, 0.3) is 0 Å². The minimum Gasteiger partial charge on any atom is -0.370 e. The molecule has 1 heterocycles. The lowest BCUT2D eigenvalue weighted by Gasteiger charge is -2.24. The summed E-state index contributed by atoms with van der Waals surface area (Å²) in [6, 6.07) is 5.12. The van der Waals surface area contributed by atoms with Crippen molar-refractivity contribution in [2.45, 2.75) is 64.2 Å². The van der Waals surface area contributed by atoms with E-state index in [1.807, 2.05) is 19.9 Å². The first-order chi connectivity index (χ1) is 12.9. The van der Waals surface area contributed by atoms with Crippen LogP contribution < -0.4 is 10.2 Å². The van der Waals surface area contributed by atoms with Crippen LogP contribution in [0.15, 0.2) is 23.1 Å². The normalized spacial score (nSPS) is 14.7. The third kappa shape index (κ3) is 5.45. The molecule has 0 saturated carbocycles. The van der Waals surface area contributed by atoms with Gasteiger partial charge in [0.25, 0.3) is 0 Å². The number of hydrogen-bond acceptors (Lipinski definition) is 4. The number of nitrogens with zero attached hydrogens (tertiary/aromatic N) is 2. The Balaban J connectivity index is 2.32. The zero-order valence-electron chi connectivity index (χ0n) is 16.8. The Labute approximate surface area is 164 Å². The van der Waals surface area contributed by atoms with Gasteiger partial charge in [-0.25, -0.2) is 8.42 Å². The third-order valence-electron chi connectivity index (χ3n) is 5.04. The predicted molar refractivity (Wildman–Crippen MR) is 111 cm³/mol. The number of hydrogen-bond donors (Lipinski definition) is 1. The van der Waals surface area contributed by atoms with Crippen LogP contribution in [0, 0.1) is 0 Å². The van der Waals surface area contributed by atoms with E-state index in [0.29, 0.717) is 25.2 Å². The van der Waals surface area contributed by atoms with Gasteiger partial charge < -0.3 is 10.2 Å². The summed E-state index contributed by atoms with van der Waals surface area (Å²) in [5.74, 6) is -0.0544. The molecular formula is C20H33N3O3S. The van der Waals surface area contributed by atoms with Crippen LogP contribution in [0.1, 0.15) is 59.3 Å². The van der Waals surface area contributed by atoms with Gasteiger partial charge in [0.1, 0.15) is 0 Å². The Bertz CT molecular complexity index is 724. The van der Waals surface area contributed by atoms with E-state index in [1.54, 1.807) is 12.1 Å². The second kappa shape index (κ2) is 10.1. The van der Waals surface area contributed by atoms with Crippen LogP contribution in [0.5, 0.6) is 0 Å². The van der Waals surface area contributed by atoms with Crippen LogP contribution in [0.3, 0.4) is 0 Å². The highest BCUT2D eigenvalue weighted by atomic mass is 32.2. The zero-order chi connectivity index (χ0) is 19.9. The molecule has 7 heteroatoms. The highest BCUT2D eigenvalue weighted by Crippen LogP contribution is 2.32. The lowest BCUT2D eigenvalue weighted by atomic mass is 10.2. The summed E-state index contributed by atoms with van der Waals surface area (Å²) >= 11 is 0. The average molecular weight is 396 g/mol. The van der Waals surface area contributed by atoms with Gasteiger partial charge in [0.05, 0.1) is 16.3 Å². The summed E-state index contributed by atoms with van der Waals surface area (Å²) in [4.78, 5) is 14.8. The summed E-state index contributed by atoms with van der Waals surface area (Å²) in [5, 5.41) is 2.97. The zero-order valence-corrected chi connectivity index (χ0v) is 17.6. The molecule has 1 aliphatic heterocycles. The lowest BCUT2D eigenvalue weighted by molar-refractivity contribution is -0.116. The molecule has 6 nitrogen and oxygen atoms in total. The molecule has 1 saturated heterocycles. The van der Waals surface area contributed by atoms with E-state index < -0.39 is 10.0 Å². The van der Waals surface area contributed by atoms with Crippen molar-refractivity contribution in [1.29, 1.82) is 0 Å². The number of rotatable bonds is 10. The SMILES string of the molecule is CCCCCC(=O)Nc1cc(S(=O)(=O)N(CC)CC)ccc1N1CCCC1. The molecule has 0 unspecified atom stereocenters. The van der Waals surface area contributed by atoms with Crippen LogP contribution in [-0.2, 0) is 14.8 Å². The number of carbonyl (C=O) groups is 1. The number of nitrogens with one attached hydrogen (secondary N) is 1. The first-order valence-electron chi connectivity index (χ1n) is 10.1. The number of carbonyl (C=O) groups excluding carboxylic acids is 1. The van der Waals surface area contributed by atoms with Gasteiger partial charge in [-0.3, -0.25) is 4.79 Å². The van der Waals surface area contributed by atoms with Gasteiger partial charge in [-0.1, -0.05) is 33.6 Å². The standard InChI is InChI=1S/C20H33N3O3S/c1-4-7-8-11-20(24)21-18-16-17(27(25,26)23(5-2)6-3)12-13-19(18)22-14-9-10-15-22/h12-13,16H,4-11,14-15H2,1-3H3,(H,21,24). The summed E-state index contributed by atoms with van der Waals surface area (Å²) in [5.41, 5.74) is 1.52. The molecule has 27 heavy (non-hydrogen) atoms. The largest absolute Gasteiger partial charge is 0.370 e. The molecule has 0 aromatic heterocycles. The molecule has 0 aliphatic carbocycles. The fourth-order valence-corrected chi connectivity index (χ4v) is 4.96. The summed E-state index contributed by atoms with van der Waals surface area (Å²) in [7, 11) is -3.56. The molecule has 152 valence electrons. The lowest BCUT2D eigenvalue weighted by Crippen LogP contribution is -2.31. The van der Waals surface area contributed by atoms with E-state index in [0.717, 1.165) is 50.9 Å². The van der Waals surface area contributed by atoms with Gasteiger partial charge in [0, 0.05) is 32.6 Å². The second-order valence-electron chi connectivity index (χ2n) is 6.97. The molecule has 1 N–H and O–H groups in total. The molecule has 0 spiro atoms. The van der Waals surface area contributed by atoms with Crippen LogP contribution in [-0.4, -0.2) is 44.8 Å². The number of amides is 1. The molecule has 0 atom stereocenters. The molecular weight excluding hydrogens is 362 g/mol. The average Bonchev–Trinajstić information content (AvgIpc) is 3.17. The molecule has 1 aliphatic rings. The van der Waals surface area contributed by atoms with Gasteiger partial charge in [0.15, 0.2) is 0 Å². The van der Waals surface area contributed by atoms with Crippen molar-refractivity contribution < 1.29 is 13.2 Å². The number of anilines is 2. The maximum Gasteiger partial charge on any atom is 0.243 e. The van der Waals surface area contributed by atoms with Crippen molar-refractivity contribution in [3.8, 4) is 0 Å². The van der Waals surface area contributed by atoms with Crippen molar-refractivity contribution in [2.75, 3.05) is 36.4 Å². The number of sulfonamides is 1. The minimum absolute atomic E-state index is 0.0544. The van der Waals surface area contributed by atoms with Gasteiger partial charge >= 0.3 is 0 Å². The Morgan fingerprint density at radius 2 is 1.78 bits per heavy atom. The molecule has 0 bridgehead atoms. The van der Waals surface area contributed by atoms with E-state index in [2.05, 4.69) is 17.1 Å². The quantitative estimate of drug-likeness (QED) is 0.611. The van der Waals surface area contributed by atoms with Gasteiger partial charge in [-0.05, 0) is 37.5 Å². The first-order valence-corrected chi connectivity index (χ1v) is 11.6. The van der Waals surface area contributed by atoms with E-state index in [1.165, 1.54) is 4.31 Å². The maximum atomic E-state index is 12.9. The van der Waals surface area contributed by atoms with Crippen molar-refractivity contribution in [1.82, 2.24) is 4.31 Å². The molecule has 1 amide bonds. The molecule has 1 aromatic carbocycles. The van der Waals surface area contributed by atoms with Gasteiger partial charge in [-0.2, -0.15) is 4.31 Å². The summed E-state index contributed by atoms with van der Waals surface area (Å²) < 4.78 is 27.2. The molecule has 1 fully saturated rings. The Hall–Kier alpha value is -1.60. The third-order valence-corrected chi connectivity index (χ3v) is 7.09. The topological polar surface area (TPSA) is 69.7 Å². The molecule has 1 aromatic rings. The van der Waals surface area contributed by atoms with Crippen molar-refractivity contribution >= 4 is 27.3 Å². The van der Waals surface area contributed by atoms with Crippen LogP contribution in [0.2, 0.25) is 0 Å². The fraction of sp³-hybridized carbons (Fsp3) is 0.650. The Kier molecular flexibility index (Phi) is 8.10. The van der Waals surface area contributed by atoms with Crippen molar-refractivity contribution in [3.05, 3.63) is 18.2 Å². The second-order valence-corrected chi connectivity index (χ2v) is 8.91. The van der Waals surface area contributed by atoms with Crippen LogP contribution in [0.4, 0.5) is 11.4 Å². The van der Waals surface area contributed by atoms with E-state index >= 15 is 0 Å². The smallest absolute Gasteiger partial charge is 0.243 e. The number of benzene rings is 1. The predicted octanol–water partition coefficient (Wildman–Crippen LogP) is 3.84. The van der Waals surface area contributed by atoms with Crippen LogP contribution >= 0.6 is 0 Å². The first kappa shape index (κ1) is 21.7. The maximum absolute atomic E-state index is 12.9. The molecule has 0 radical (unpaired) electrons. The summed E-state index contributed by atoms with van der Waals surface area (Å²) in [6.45, 7) is 8.47. The highest BCUT2D eigenvalue weighted by molar-refractivity contribution is 7.89. The van der Waals surface area contributed by atoms with Crippen molar-refractivity contribution in [2.24, 2.45) is 0 Å². The van der Waals surface area contributed by atoms with E-state index in [-0.39, 0.29) is 10.8 Å². The van der Waals surface area contributed by atoms with E-state index in [9.17, 15) is 13.2 Å². The Morgan fingerprint density at radius 3 is 2.37 bits per heavy atom. The van der Waals surface area contributed by atoms with Crippen molar-refractivity contribution in [3.63, 3.8) is 0 Å². The molecule has 2 rings (SSSR count). The summed E-state index contributed by atoms with van der Waals surface area (Å²) in [6.07, 6.45) is 5.61. The number of unbranched alkanes of at least 4 members (excludes halogenated alkanes) is 2. The Morgan fingerprint density at radius 1 is 1.11 bits per heavy atom. The fourth-order valence-electron chi connectivity index (χ4n) is 3.47.